The third-order valence-electron chi connectivity index (χ3n) is 3.87. The number of carbonyl (C=O) groups excluding carboxylic acids is 2. The van der Waals surface area contributed by atoms with Gasteiger partial charge in [0.25, 0.3) is 5.91 Å². The zero-order valence-corrected chi connectivity index (χ0v) is 17.7. The molecule has 7 nitrogen and oxygen atoms in total. The fourth-order valence-electron chi connectivity index (χ4n) is 2.48. The topological polar surface area (TPSA) is 93.2 Å². The third kappa shape index (κ3) is 6.26. The van der Waals surface area contributed by atoms with E-state index in [-0.39, 0.29) is 16.7 Å². The zero-order chi connectivity index (χ0) is 21.3. The molecule has 30 heavy (non-hydrogen) atoms. The van der Waals surface area contributed by atoms with E-state index in [4.69, 9.17) is 4.74 Å². The van der Waals surface area contributed by atoms with E-state index in [1.165, 1.54) is 30.0 Å². The number of rotatable bonds is 9. The molecule has 10 heteroatoms. The molecule has 2 amide bonds. The normalized spacial score (nSPS) is 10.5. The highest BCUT2D eigenvalue weighted by atomic mass is 32.2. The minimum atomic E-state index is -0.455. The molecule has 0 aliphatic carbocycles. The van der Waals surface area contributed by atoms with Crippen LogP contribution in [0.15, 0.2) is 48.5 Å². The predicted octanol–water partition coefficient (Wildman–Crippen LogP) is 3.49. The van der Waals surface area contributed by atoms with Crippen molar-refractivity contribution in [3.05, 3.63) is 69.9 Å². The number of hydrogen-bond donors (Lipinski definition) is 2. The monoisotopic (exact) mass is 446 g/mol. The molecule has 3 aromatic rings. The first-order valence-electron chi connectivity index (χ1n) is 8.91. The lowest BCUT2D eigenvalue weighted by Crippen LogP contribution is -2.24. The van der Waals surface area contributed by atoms with Gasteiger partial charge in [0.1, 0.15) is 16.6 Å². The van der Waals surface area contributed by atoms with E-state index < -0.39 is 11.7 Å². The van der Waals surface area contributed by atoms with Crippen LogP contribution in [-0.4, -0.2) is 34.9 Å². The van der Waals surface area contributed by atoms with Crippen LogP contribution >= 0.6 is 23.1 Å². The SMILES string of the molecule is COc1ccccc1CNC(=O)CSCc1nnc(C(=O)Nc2cccc(F)c2)s1. The molecule has 0 saturated heterocycles. The van der Waals surface area contributed by atoms with Gasteiger partial charge in [-0.25, -0.2) is 4.39 Å². The summed E-state index contributed by atoms with van der Waals surface area (Å²) in [5.41, 5.74) is 1.24. The van der Waals surface area contributed by atoms with E-state index >= 15 is 0 Å². The van der Waals surface area contributed by atoms with Gasteiger partial charge in [0, 0.05) is 23.5 Å². The highest BCUT2D eigenvalue weighted by Gasteiger charge is 2.14. The number of para-hydroxylation sites is 1. The first-order valence-corrected chi connectivity index (χ1v) is 10.9. The Kier molecular flexibility index (Phi) is 7.75. The summed E-state index contributed by atoms with van der Waals surface area (Å²) in [6, 6.07) is 13.1. The average molecular weight is 447 g/mol. The van der Waals surface area contributed by atoms with E-state index in [0.717, 1.165) is 22.6 Å². The van der Waals surface area contributed by atoms with Crippen LogP contribution in [0.2, 0.25) is 0 Å². The number of anilines is 1. The molecule has 0 aliphatic rings. The largest absolute Gasteiger partial charge is 0.496 e. The van der Waals surface area contributed by atoms with Gasteiger partial charge < -0.3 is 15.4 Å². The van der Waals surface area contributed by atoms with Crippen LogP contribution in [0.25, 0.3) is 0 Å². The number of methoxy groups -OCH3 is 1. The van der Waals surface area contributed by atoms with Crippen molar-refractivity contribution >= 4 is 40.6 Å². The van der Waals surface area contributed by atoms with E-state index in [2.05, 4.69) is 20.8 Å². The number of hydrogen-bond acceptors (Lipinski definition) is 7. The number of ether oxygens (including phenoxy) is 1. The molecule has 0 unspecified atom stereocenters. The highest BCUT2D eigenvalue weighted by molar-refractivity contribution is 7.99. The van der Waals surface area contributed by atoms with E-state index in [9.17, 15) is 14.0 Å². The van der Waals surface area contributed by atoms with Gasteiger partial charge in [-0.1, -0.05) is 35.6 Å². The first-order chi connectivity index (χ1) is 14.5. The Labute approximate surface area is 181 Å². The number of nitrogens with zero attached hydrogens (tertiary/aromatic N) is 2. The number of aromatic nitrogens is 2. The molecule has 0 atom stereocenters. The fourth-order valence-corrected chi connectivity index (χ4v) is 4.12. The van der Waals surface area contributed by atoms with Crippen molar-refractivity contribution < 1.29 is 18.7 Å². The number of thioether (sulfide) groups is 1. The summed E-state index contributed by atoms with van der Waals surface area (Å²) in [7, 11) is 1.59. The lowest BCUT2D eigenvalue weighted by Gasteiger charge is -2.09. The molecule has 0 radical (unpaired) electrons. The first kappa shape index (κ1) is 21.7. The quantitative estimate of drug-likeness (QED) is 0.523. The van der Waals surface area contributed by atoms with Gasteiger partial charge in [-0.05, 0) is 24.3 Å². The van der Waals surface area contributed by atoms with Crippen molar-refractivity contribution in [2.75, 3.05) is 18.2 Å². The van der Waals surface area contributed by atoms with E-state index in [0.29, 0.717) is 23.0 Å². The molecular weight excluding hydrogens is 427 g/mol. The predicted molar refractivity (Wildman–Crippen MR) is 115 cm³/mol. The molecule has 2 aromatic carbocycles. The molecule has 3 rings (SSSR count). The van der Waals surface area contributed by atoms with Crippen LogP contribution in [0, 0.1) is 5.82 Å². The Bertz CT molecular complexity index is 1030. The van der Waals surface area contributed by atoms with Crippen molar-refractivity contribution in [3.8, 4) is 5.75 Å². The maximum Gasteiger partial charge on any atom is 0.286 e. The summed E-state index contributed by atoms with van der Waals surface area (Å²) in [6.45, 7) is 0.382. The standard InChI is InChI=1S/C20H19FN4O3S2/c1-28-16-8-3-2-5-13(16)10-22-17(26)11-29-12-18-24-25-20(30-18)19(27)23-15-7-4-6-14(21)9-15/h2-9H,10-12H2,1H3,(H,22,26)(H,23,27). The van der Waals surface area contributed by atoms with Crippen molar-refractivity contribution in [2.45, 2.75) is 12.3 Å². The van der Waals surface area contributed by atoms with Crippen LogP contribution in [0.4, 0.5) is 10.1 Å². The Morgan fingerprint density at radius 2 is 2.00 bits per heavy atom. The van der Waals surface area contributed by atoms with Crippen LogP contribution < -0.4 is 15.4 Å². The van der Waals surface area contributed by atoms with Crippen molar-refractivity contribution in [2.24, 2.45) is 0 Å². The van der Waals surface area contributed by atoms with Crippen LogP contribution in [-0.2, 0) is 17.1 Å². The smallest absolute Gasteiger partial charge is 0.286 e. The minimum Gasteiger partial charge on any atom is -0.496 e. The molecule has 2 N–H and O–H groups in total. The maximum absolute atomic E-state index is 13.2. The Morgan fingerprint density at radius 1 is 1.17 bits per heavy atom. The van der Waals surface area contributed by atoms with Crippen LogP contribution in [0.3, 0.4) is 0 Å². The average Bonchev–Trinajstić information content (AvgIpc) is 3.21. The third-order valence-corrected chi connectivity index (χ3v) is 5.92. The van der Waals surface area contributed by atoms with Crippen molar-refractivity contribution in [3.63, 3.8) is 0 Å². The van der Waals surface area contributed by atoms with Gasteiger partial charge in [0.15, 0.2) is 0 Å². The Balaban J connectivity index is 1.42. The summed E-state index contributed by atoms with van der Waals surface area (Å²) in [5.74, 6) is 0.421. The van der Waals surface area contributed by atoms with E-state index in [1.54, 1.807) is 13.2 Å². The molecule has 0 spiro atoms. The second kappa shape index (κ2) is 10.7. The number of amides is 2. The molecule has 0 aliphatic heterocycles. The van der Waals surface area contributed by atoms with Crippen molar-refractivity contribution in [1.82, 2.24) is 15.5 Å². The summed E-state index contributed by atoms with van der Waals surface area (Å²) < 4.78 is 18.5. The summed E-state index contributed by atoms with van der Waals surface area (Å²) >= 11 is 2.51. The van der Waals surface area contributed by atoms with Gasteiger partial charge in [-0.15, -0.1) is 22.0 Å². The summed E-state index contributed by atoms with van der Waals surface area (Å²) in [4.78, 5) is 24.2. The number of carbonyl (C=O) groups is 2. The van der Waals surface area contributed by atoms with Gasteiger partial charge in [-0.2, -0.15) is 0 Å². The van der Waals surface area contributed by atoms with Gasteiger partial charge in [0.2, 0.25) is 10.9 Å². The van der Waals surface area contributed by atoms with Crippen LogP contribution in [0.1, 0.15) is 20.4 Å². The zero-order valence-electron chi connectivity index (χ0n) is 16.1. The van der Waals surface area contributed by atoms with Gasteiger partial charge >= 0.3 is 0 Å². The fraction of sp³-hybridized carbons (Fsp3) is 0.200. The molecule has 0 bridgehead atoms. The number of benzene rings is 2. The molecule has 156 valence electrons. The number of halogens is 1. The Hall–Kier alpha value is -2.98. The second-order valence-electron chi connectivity index (χ2n) is 6.05. The highest BCUT2D eigenvalue weighted by Crippen LogP contribution is 2.19. The summed E-state index contributed by atoms with van der Waals surface area (Å²) in [5, 5.41) is 14.1. The molecule has 0 saturated carbocycles. The number of nitrogens with one attached hydrogen (secondary N) is 2. The lowest BCUT2D eigenvalue weighted by atomic mass is 10.2. The maximum atomic E-state index is 13.2. The van der Waals surface area contributed by atoms with Crippen LogP contribution in [0.5, 0.6) is 5.75 Å². The van der Waals surface area contributed by atoms with Crippen molar-refractivity contribution in [1.29, 1.82) is 0 Å². The lowest BCUT2D eigenvalue weighted by molar-refractivity contribution is -0.118. The van der Waals surface area contributed by atoms with E-state index in [1.807, 2.05) is 24.3 Å². The second-order valence-corrected chi connectivity index (χ2v) is 8.09. The molecule has 1 heterocycles. The molecule has 1 aromatic heterocycles. The van der Waals surface area contributed by atoms with Gasteiger partial charge in [0.05, 0.1) is 12.9 Å². The Morgan fingerprint density at radius 3 is 2.80 bits per heavy atom. The van der Waals surface area contributed by atoms with Gasteiger partial charge in [-0.3, -0.25) is 9.59 Å². The molecule has 0 fully saturated rings. The minimum absolute atomic E-state index is 0.112. The molecular formula is C20H19FN4O3S2. The summed E-state index contributed by atoms with van der Waals surface area (Å²) in [6.07, 6.45) is 0.